The van der Waals surface area contributed by atoms with Gasteiger partial charge in [0.25, 0.3) is 0 Å². The molecule has 0 aromatic carbocycles. The Morgan fingerprint density at radius 2 is 1.86 bits per heavy atom. The van der Waals surface area contributed by atoms with Gasteiger partial charge in [-0.15, -0.1) is 0 Å². The van der Waals surface area contributed by atoms with Crippen LogP contribution >= 0.6 is 18.4 Å². The molecule has 6 nitrogen and oxygen atoms in total. The number of hydrogen-bond donors (Lipinski definition) is 4. The van der Waals surface area contributed by atoms with Crippen molar-refractivity contribution in [2.45, 2.75) is 9.84 Å². The molecular weight excluding hydrogens is 331 g/mol. The maximum absolute atomic E-state index is 10.3. The van der Waals surface area contributed by atoms with Crippen LogP contribution in [0.25, 0.3) is 0 Å². The van der Waals surface area contributed by atoms with Gasteiger partial charge in [0.15, 0.2) is 0 Å². The quantitative estimate of drug-likeness (QED) is 0.325. The van der Waals surface area contributed by atoms with E-state index in [1.165, 1.54) is 18.4 Å². The van der Waals surface area contributed by atoms with Crippen molar-refractivity contribution in [1.29, 1.82) is 0 Å². The normalized spacial score (nSPS) is 14.4. The van der Waals surface area contributed by atoms with Crippen LogP contribution in [0.4, 0.5) is 0 Å². The van der Waals surface area contributed by atoms with Crippen LogP contribution in [-0.2, 0) is 9.59 Å². The van der Waals surface area contributed by atoms with Crippen molar-refractivity contribution < 1.29 is 19.8 Å². The number of carbonyl (C=O) groups is 2. The van der Waals surface area contributed by atoms with E-state index in [-0.39, 0.29) is 5.75 Å². The molecule has 0 amide bonds. The molecule has 0 saturated carbocycles. The molecule has 0 unspecified atom stereocenters. The van der Waals surface area contributed by atoms with Crippen LogP contribution in [0.15, 0.2) is 0 Å². The molecule has 80 valence electrons. The van der Waals surface area contributed by atoms with Crippen molar-refractivity contribution in [2.24, 2.45) is 11.5 Å². The summed E-state index contributed by atoms with van der Waals surface area (Å²) in [6.45, 7) is 0. The van der Waals surface area contributed by atoms with Crippen molar-refractivity contribution in [1.82, 2.24) is 0 Å². The fraction of sp³-hybridized carbons (Fsp3) is 0.600. The molecule has 0 spiro atoms. The first kappa shape index (κ1) is 14.4. The molecule has 0 bridgehead atoms. The monoisotopic (exact) mass is 342 g/mol. The fourth-order valence-electron chi connectivity index (χ4n) is 0.385. The average Bonchev–Trinajstić information content (AvgIpc) is 2.11. The summed E-state index contributed by atoms with van der Waals surface area (Å²) in [6.07, 6.45) is 0. The number of carboxylic acids is 2. The zero-order chi connectivity index (χ0) is 11.1. The van der Waals surface area contributed by atoms with Gasteiger partial charge >= 0.3 is 98.7 Å². The summed E-state index contributed by atoms with van der Waals surface area (Å²) in [5.41, 5.74) is 10.5. The van der Waals surface area contributed by atoms with Crippen molar-refractivity contribution in [3.63, 3.8) is 0 Å². The first-order valence-electron chi connectivity index (χ1n) is 3.66. The molecule has 9 heteroatoms. The van der Waals surface area contributed by atoms with Gasteiger partial charge < -0.3 is 0 Å². The zero-order valence-electron chi connectivity index (χ0n) is 7.25. The van der Waals surface area contributed by atoms with Crippen LogP contribution < -0.4 is 11.5 Å². The van der Waals surface area contributed by atoms with E-state index in [1.807, 2.05) is 0 Å². The summed E-state index contributed by atoms with van der Waals surface area (Å²) >= 11 is -1.58. The Morgan fingerprint density at radius 3 is 2.29 bits per heavy atom. The molecule has 0 heterocycles. The Kier molecular flexibility index (Phi) is 7.92. The summed E-state index contributed by atoms with van der Waals surface area (Å²) in [7, 11) is 2.71. The minimum absolute atomic E-state index is 0.281. The summed E-state index contributed by atoms with van der Waals surface area (Å²) in [6, 6.07) is -0.889. The van der Waals surface area contributed by atoms with E-state index in [1.54, 1.807) is 0 Å². The van der Waals surface area contributed by atoms with E-state index >= 15 is 0 Å². The molecular formula is C5H11InN2O4S2. The number of nitrogens with two attached hydrogens (primary N) is 2. The van der Waals surface area contributed by atoms with Crippen LogP contribution in [0, 0.1) is 0 Å². The minimum atomic E-state index is -1.58. The summed E-state index contributed by atoms with van der Waals surface area (Å²) < 4.78 is -0.713. The van der Waals surface area contributed by atoms with Crippen LogP contribution in [0.5, 0.6) is 0 Å². The predicted molar refractivity (Wildman–Crippen MR) is 58.4 cm³/mol. The van der Waals surface area contributed by atoms with Crippen LogP contribution in [0.3, 0.4) is 0 Å². The molecule has 14 heavy (non-hydrogen) atoms. The first-order chi connectivity index (χ1) is 6.45. The third-order valence-corrected chi connectivity index (χ3v) is 15.5. The number of carboxylic acid groups (broad SMARTS) is 2. The second-order valence-corrected chi connectivity index (χ2v) is 16.4. The topological polar surface area (TPSA) is 127 Å². The van der Waals surface area contributed by atoms with E-state index in [9.17, 15) is 9.59 Å². The molecule has 0 aliphatic rings. The van der Waals surface area contributed by atoms with Gasteiger partial charge in [-0.3, -0.25) is 0 Å². The van der Waals surface area contributed by atoms with E-state index in [2.05, 4.69) is 0 Å². The summed E-state index contributed by atoms with van der Waals surface area (Å²) in [5.74, 6) is -1.74. The van der Waals surface area contributed by atoms with Crippen molar-refractivity contribution in [3.05, 3.63) is 0 Å². The van der Waals surface area contributed by atoms with E-state index < -0.39 is 43.2 Å². The second kappa shape index (κ2) is 7.69. The Bertz CT molecular complexity index is 196. The maximum atomic E-state index is 10.3. The summed E-state index contributed by atoms with van der Waals surface area (Å²) in [5, 5.41) is 16.9. The Morgan fingerprint density at radius 1 is 1.29 bits per heavy atom. The third-order valence-electron chi connectivity index (χ3n) is 1.21. The van der Waals surface area contributed by atoms with Gasteiger partial charge in [-0.2, -0.15) is 0 Å². The van der Waals surface area contributed by atoms with E-state index in [0.717, 1.165) is 0 Å². The molecule has 0 saturated heterocycles. The molecule has 6 N–H and O–H groups in total. The van der Waals surface area contributed by atoms with Gasteiger partial charge in [0.05, 0.1) is 0 Å². The van der Waals surface area contributed by atoms with Crippen LogP contribution in [0.2, 0.25) is 0 Å². The van der Waals surface area contributed by atoms with Crippen molar-refractivity contribution in [3.8, 4) is 0 Å². The number of hydrogen-bond acceptors (Lipinski definition) is 6. The van der Waals surface area contributed by atoms with Gasteiger partial charge in [-0.1, -0.05) is 0 Å². The van der Waals surface area contributed by atoms with Crippen molar-refractivity contribution >= 4 is 51.8 Å². The molecule has 0 fully saturated rings. The molecule has 2 atom stereocenters. The van der Waals surface area contributed by atoms with Gasteiger partial charge in [0, 0.05) is 0 Å². The predicted octanol–water partition coefficient (Wildman–Crippen LogP) is -1.50. The van der Waals surface area contributed by atoms with Gasteiger partial charge in [0.2, 0.25) is 0 Å². The molecule has 0 radical (unpaired) electrons. The number of aliphatic carboxylic acids is 2. The second-order valence-electron chi connectivity index (χ2n) is 2.46. The van der Waals surface area contributed by atoms with Crippen LogP contribution in [-0.4, -0.2) is 59.2 Å². The number of rotatable bonds is 7. The Balaban J connectivity index is 3.47. The standard InChI is InChI=1S/C3H7NO2S2.C2H4NO2.In.H/c4-2(1-8-7)3(5)6;3-1-2(4)5;;/h2,7H,1,4H2,(H,5,6);1H,3H2,(H,4,5);;/q;;+1;/p-1/t2-;;;/m0.../s1. The van der Waals surface area contributed by atoms with Gasteiger partial charge in [-0.05, 0) is 0 Å². The molecule has 0 aromatic heterocycles. The Labute approximate surface area is 98.2 Å². The SMILES string of the molecule is N[C@@H](CS[S][InH][C@H](N)C(=O)O)C(=O)O. The van der Waals surface area contributed by atoms with Gasteiger partial charge in [-0.25, -0.2) is 0 Å². The summed E-state index contributed by atoms with van der Waals surface area (Å²) in [4.78, 5) is 20.6. The average molecular weight is 342 g/mol. The molecule has 0 aromatic rings. The van der Waals surface area contributed by atoms with Crippen LogP contribution in [0.1, 0.15) is 0 Å². The van der Waals surface area contributed by atoms with E-state index in [4.69, 9.17) is 21.7 Å². The third kappa shape index (κ3) is 6.82. The van der Waals surface area contributed by atoms with Crippen molar-refractivity contribution in [2.75, 3.05) is 5.75 Å². The molecule has 0 rings (SSSR count). The fourth-order valence-corrected chi connectivity index (χ4v) is 12.5. The Hall–Kier alpha value is 0.430. The molecule has 0 aliphatic carbocycles. The van der Waals surface area contributed by atoms with Gasteiger partial charge in [0.1, 0.15) is 0 Å². The zero-order valence-corrected chi connectivity index (χ0v) is 12.9. The first-order valence-corrected chi connectivity index (χ1v) is 13.4. The molecule has 0 aliphatic heterocycles. The van der Waals surface area contributed by atoms with E-state index in [0.29, 0.717) is 0 Å².